The molecular formula is C17H21NO. The summed E-state index contributed by atoms with van der Waals surface area (Å²) in [5.74, 6) is 0. The number of anilines is 1. The first-order chi connectivity index (χ1) is 9.16. The molecule has 1 atom stereocenters. The van der Waals surface area contributed by atoms with E-state index in [1.807, 2.05) is 44.4 Å². The third-order valence-electron chi connectivity index (χ3n) is 3.34. The minimum absolute atomic E-state index is 0.380. The molecule has 2 aromatic carbocycles. The van der Waals surface area contributed by atoms with Gasteiger partial charge in [0.15, 0.2) is 0 Å². The Bertz CT molecular complexity index is 490. The Morgan fingerprint density at radius 2 is 1.58 bits per heavy atom. The molecular weight excluding hydrogens is 234 g/mol. The van der Waals surface area contributed by atoms with Crippen molar-refractivity contribution < 1.29 is 5.11 Å². The number of nitrogens with zero attached hydrogens (tertiary/aromatic N) is 1. The lowest BCUT2D eigenvalue weighted by Crippen LogP contribution is -2.08. The minimum atomic E-state index is -0.380. The number of hydrogen-bond donors (Lipinski definition) is 1. The zero-order chi connectivity index (χ0) is 13.7. The van der Waals surface area contributed by atoms with Crippen molar-refractivity contribution in [3.05, 3.63) is 65.7 Å². The van der Waals surface area contributed by atoms with E-state index in [4.69, 9.17) is 0 Å². The molecule has 0 spiro atoms. The van der Waals surface area contributed by atoms with Crippen LogP contribution in [0.5, 0.6) is 0 Å². The number of aliphatic hydroxyl groups is 1. The topological polar surface area (TPSA) is 23.5 Å². The van der Waals surface area contributed by atoms with Crippen LogP contribution in [0.15, 0.2) is 54.6 Å². The number of aliphatic hydroxyl groups excluding tert-OH is 1. The summed E-state index contributed by atoms with van der Waals surface area (Å²) >= 11 is 0. The second kappa shape index (κ2) is 6.39. The smallest absolute Gasteiger partial charge is 0.0793 e. The second-order valence-electron chi connectivity index (χ2n) is 5.03. The molecule has 0 fully saturated rings. The van der Waals surface area contributed by atoms with Crippen molar-refractivity contribution in [2.75, 3.05) is 19.0 Å². The Labute approximate surface area is 115 Å². The Kier molecular flexibility index (Phi) is 4.58. The van der Waals surface area contributed by atoms with Gasteiger partial charge in [-0.2, -0.15) is 0 Å². The van der Waals surface area contributed by atoms with Crippen LogP contribution in [-0.4, -0.2) is 19.2 Å². The highest BCUT2D eigenvalue weighted by Gasteiger charge is 2.07. The van der Waals surface area contributed by atoms with Crippen molar-refractivity contribution in [1.82, 2.24) is 0 Å². The van der Waals surface area contributed by atoms with E-state index in [2.05, 4.69) is 29.2 Å². The van der Waals surface area contributed by atoms with Crippen LogP contribution in [-0.2, 0) is 6.42 Å². The lowest BCUT2D eigenvalue weighted by Gasteiger charge is -2.14. The Balaban J connectivity index is 1.92. The molecule has 0 bridgehead atoms. The maximum Gasteiger partial charge on any atom is 0.0793 e. The van der Waals surface area contributed by atoms with Crippen molar-refractivity contribution in [3.63, 3.8) is 0 Å². The molecule has 0 aliphatic carbocycles. The normalized spacial score (nSPS) is 12.2. The van der Waals surface area contributed by atoms with Crippen molar-refractivity contribution in [3.8, 4) is 0 Å². The number of aryl methyl sites for hydroxylation is 1. The SMILES string of the molecule is CN(C)c1ccc(CCC(O)c2ccccc2)cc1. The fourth-order valence-electron chi connectivity index (χ4n) is 2.11. The van der Waals surface area contributed by atoms with Gasteiger partial charge in [-0.15, -0.1) is 0 Å². The molecule has 0 aromatic heterocycles. The third kappa shape index (κ3) is 3.83. The summed E-state index contributed by atoms with van der Waals surface area (Å²) in [5.41, 5.74) is 3.46. The van der Waals surface area contributed by atoms with Gasteiger partial charge in [0, 0.05) is 19.8 Å². The molecule has 0 saturated carbocycles. The van der Waals surface area contributed by atoms with Crippen molar-refractivity contribution >= 4 is 5.69 Å². The second-order valence-corrected chi connectivity index (χ2v) is 5.03. The highest BCUT2D eigenvalue weighted by molar-refractivity contribution is 5.46. The predicted molar refractivity (Wildman–Crippen MR) is 80.5 cm³/mol. The molecule has 0 saturated heterocycles. The van der Waals surface area contributed by atoms with Crippen molar-refractivity contribution in [2.45, 2.75) is 18.9 Å². The lowest BCUT2D eigenvalue weighted by molar-refractivity contribution is 0.168. The molecule has 1 unspecified atom stereocenters. The van der Waals surface area contributed by atoms with Gasteiger partial charge >= 0.3 is 0 Å². The zero-order valence-corrected chi connectivity index (χ0v) is 11.6. The van der Waals surface area contributed by atoms with Gasteiger partial charge in [0.1, 0.15) is 0 Å². The van der Waals surface area contributed by atoms with Gasteiger partial charge in [0.2, 0.25) is 0 Å². The third-order valence-corrected chi connectivity index (χ3v) is 3.34. The summed E-state index contributed by atoms with van der Waals surface area (Å²) in [7, 11) is 4.07. The van der Waals surface area contributed by atoms with E-state index in [0.29, 0.717) is 0 Å². The van der Waals surface area contributed by atoms with Gasteiger partial charge < -0.3 is 10.0 Å². The van der Waals surface area contributed by atoms with Crippen molar-refractivity contribution in [1.29, 1.82) is 0 Å². The van der Waals surface area contributed by atoms with Gasteiger partial charge in [0.05, 0.1) is 6.10 Å². The van der Waals surface area contributed by atoms with E-state index in [1.54, 1.807) is 0 Å². The van der Waals surface area contributed by atoms with Crippen molar-refractivity contribution in [2.24, 2.45) is 0 Å². The van der Waals surface area contributed by atoms with E-state index in [0.717, 1.165) is 18.4 Å². The summed E-state index contributed by atoms with van der Waals surface area (Å²) in [4.78, 5) is 2.09. The molecule has 100 valence electrons. The number of benzene rings is 2. The summed E-state index contributed by atoms with van der Waals surface area (Å²) in [6.45, 7) is 0. The maximum absolute atomic E-state index is 10.1. The average Bonchev–Trinajstić information content (AvgIpc) is 2.46. The van der Waals surface area contributed by atoms with Crippen LogP contribution < -0.4 is 4.90 Å². The van der Waals surface area contributed by atoms with Crippen LogP contribution in [0.25, 0.3) is 0 Å². The van der Waals surface area contributed by atoms with Crippen LogP contribution >= 0.6 is 0 Å². The van der Waals surface area contributed by atoms with Crippen LogP contribution in [0.1, 0.15) is 23.7 Å². The standard InChI is InChI=1S/C17H21NO/c1-18(2)16-11-8-14(9-12-16)10-13-17(19)15-6-4-3-5-7-15/h3-9,11-12,17,19H,10,13H2,1-2H3. The Morgan fingerprint density at radius 3 is 2.16 bits per heavy atom. The quantitative estimate of drug-likeness (QED) is 0.885. The summed E-state index contributed by atoms with van der Waals surface area (Å²) in [5, 5.41) is 10.1. The monoisotopic (exact) mass is 255 g/mol. The van der Waals surface area contributed by atoms with Gasteiger partial charge in [-0.25, -0.2) is 0 Å². The van der Waals surface area contributed by atoms with Crippen LogP contribution in [0.3, 0.4) is 0 Å². The van der Waals surface area contributed by atoms with Gasteiger partial charge in [-0.05, 0) is 36.1 Å². The van der Waals surface area contributed by atoms with Gasteiger partial charge in [-0.1, -0.05) is 42.5 Å². The van der Waals surface area contributed by atoms with Crippen LogP contribution in [0.2, 0.25) is 0 Å². The molecule has 1 N–H and O–H groups in total. The molecule has 0 aliphatic heterocycles. The van der Waals surface area contributed by atoms with E-state index >= 15 is 0 Å². The molecule has 0 amide bonds. The summed E-state index contributed by atoms with van der Waals surface area (Å²) in [6, 6.07) is 18.3. The Hall–Kier alpha value is -1.80. The summed E-state index contributed by atoms with van der Waals surface area (Å²) in [6.07, 6.45) is 1.27. The molecule has 0 aliphatic rings. The summed E-state index contributed by atoms with van der Waals surface area (Å²) < 4.78 is 0. The number of hydrogen-bond acceptors (Lipinski definition) is 2. The van der Waals surface area contributed by atoms with Crippen LogP contribution in [0, 0.1) is 0 Å². The van der Waals surface area contributed by atoms with E-state index in [9.17, 15) is 5.11 Å². The fraction of sp³-hybridized carbons (Fsp3) is 0.294. The first-order valence-corrected chi connectivity index (χ1v) is 6.66. The van der Waals surface area contributed by atoms with Gasteiger partial charge in [-0.3, -0.25) is 0 Å². The number of rotatable bonds is 5. The largest absolute Gasteiger partial charge is 0.388 e. The highest BCUT2D eigenvalue weighted by atomic mass is 16.3. The fourth-order valence-corrected chi connectivity index (χ4v) is 2.11. The van der Waals surface area contributed by atoms with E-state index in [-0.39, 0.29) is 6.10 Å². The lowest BCUT2D eigenvalue weighted by atomic mass is 10.0. The average molecular weight is 255 g/mol. The van der Waals surface area contributed by atoms with Crippen LogP contribution in [0.4, 0.5) is 5.69 Å². The molecule has 0 heterocycles. The molecule has 0 radical (unpaired) electrons. The van der Waals surface area contributed by atoms with Gasteiger partial charge in [0.25, 0.3) is 0 Å². The maximum atomic E-state index is 10.1. The molecule has 2 aromatic rings. The Morgan fingerprint density at radius 1 is 0.947 bits per heavy atom. The zero-order valence-electron chi connectivity index (χ0n) is 11.6. The highest BCUT2D eigenvalue weighted by Crippen LogP contribution is 2.20. The molecule has 2 nitrogen and oxygen atoms in total. The minimum Gasteiger partial charge on any atom is -0.388 e. The molecule has 2 heteroatoms. The first kappa shape index (κ1) is 13.6. The predicted octanol–water partition coefficient (Wildman–Crippen LogP) is 3.42. The van der Waals surface area contributed by atoms with E-state index < -0.39 is 0 Å². The molecule has 19 heavy (non-hydrogen) atoms. The molecule has 2 rings (SSSR count). The first-order valence-electron chi connectivity index (χ1n) is 6.66. The van der Waals surface area contributed by atoms with E-state index in [1.165, 1.54) is 11.3 Å².